The monoisotopic (exact) mass is 265 g/mol. The van der Waals surface area contributed by atoms with E-state index in [-0.39, 0.29) is 0 Å². The van der Waals surface area contributed by atoms with Crippen molar-refractivity contribution in [3.8, 4) is 5.75 Å². The largest absolute Gasteiger partial charge is 0.491 e. The first kappa shape index (κ1) is 16.0. The van der Waals surface area contributed by atoms with Gasteiger partial charge >= 0.3 is 0 Å². The van der Waals surface area contributed by atoms with Crippen LogP contribution in [0.2, 0.25) is 0 Å². The first-order valence-electron chi connectivity index (χ1n) is 7.31. The molecule has 0 aliphatic heterocycles. The van der Waals surface area contributed by atoms with E-state index in [1.807, 2.05) is 25.2 Å². The zero-order chi connectivity index (χ0) is 13.8. The van der Waals surface area contributed by atoms with E-state index in [4.69, 9.17) is 9.47 Å². The van der Waals surface area contributed by atoms with Crippen LogP contribution in [0, 0.1) is 0 Å². The quantitative estimate of drug-likeness (QED) is 0.622. The standard InChI is InChI=1S/C16H27NO2/c1-3-4-5-8-11-18-12-13-19-16-10-7-6-9-15(16)14-17-2/h6-7,9-10,17H,3-5,8,11-14H2,1-2H3. The molecule has 0 bridgehead atoms. The van der Waals surface area contributed by atoms with Crippen LogP contribution in [-0.2, 0) is 11.3 Å². The van der Waals surface area contributed by atoms with Gasteiger partial charge in [0.05, 0.1) is 6.61 Å². The Hall–Kier alpha value is -1.06. The Labute approximate surface area is 117 Å². The summed E-state index contributed by atoms with van der Waals surface area (Å²) in [4.78, 5) is 0. The third-order valence-corrected chi connectivity index (χ3v) is 2.97. The molecule has 1 rings (SSSR count). The van der Waals surface area contributed by atoms with Crippen molar-refractivity contribution in [2.24, 2.45) is 0 Å². The van der Waals surface area contributed by atoms with E-state index in [9.17, 15) is 0 Å². The maximum Gasteiger partial charge on any atom is 0.123 e. The summed E-state index contributed by atoms with van der Waals surface area (Å²) in [7, 11) is 1.94. The van der Waals surface area contributed by atoms with Gasteiger partial charge in [0, 0.05) is 18.7 Å². The molecule has 3 heteroatoms. The van der Waals surface area contributed by atoms with Crippen LogP contribution >= 0.6 is 0 Å². The lowest BCUT2D eigenvalue weighted by atomic mass is 10.2. The van der Waals surface area contributed by atoms with Gasteiger partial charge in [-0.2, -0.15) is 0 Å². The molecular formula is C16H27NO2. The van der Waals surface area contributed by atoms with Gasteiger partial charge in [0.15, 0.2) is 0 Å². The van der Waals surface area contributed by atoms with E-state index in [1.54, 1.807) is 0 Å². The molecule has 0 aliphatic rings. The van der Waals surface area contributed by atoms with Crippen LogP contribution in [0.3, 0.4) is 0 Å². The highest BCUT2D eigenvalue weighted by Gasteiger charge is 2.01. The molecule has 0 radical (unpaired) electrons. The molecule has 0 atom stereocenters. The van der Waals surface area contributed by atoms with Crippen LogP contribution in [0.4, 0.5) is 0 Å². The lowest BCUT2D eigenvalue weighted by molar-refractivity contribution is 0.0968. The smallest absolute Gasteiger partial charge is 0.123 e. The van der Waals surface area contributed by atoms with Gasteiger partial charge in [0.25, 0.3) is 0 Å². The van der Waals surface area contributed by atoms with Gasteiger partial charge in [-0.05, 0) is 19.5 Å². The minimum absolute atomic E-state index is 0.620. The number of hydrogen-bond donors (Lipinski definition) is 1. The Morgan fingerprint density at radius 1 is 1.00 bits per heavy atom. The van der Waals surface area contributed by atoms with Crippen molar-refractivity contribution < 1.29 is 9.47 Å². The SMILES string of the molecule is CCCCCCOCCOc1ccccc1CNC. The summed E-state index contributed by atoms with van der Waals surface area (Å²) in [6, 6.07) is 8.12. The van der Waals surface area contributed by atoms with E-state index >= 15 is 0 Å². The number of ether oxygens (including phenoxy) is 2. The number of unbranched alkanes of at least 4 members (excludes halogenated alkanes) is 3. The molecule has 0 fully saturated rings. The lowest BCUT2D eigenvalue weighted by Crippen LogP contribution is -2.11. The summed E-state index contributed by atoms with van der Waals surface area (Å²) < 4.78 is 11.3. The molecule has 3 nitrogen and oxygen atoms in total. The van der Waals surface area contributed by atoms with Crippen molar-refractivity contribution in [1.82, 2.24) is 5.32 Å². The van der Waals surface area contributed by atoms with Crippen molar-refractivity contribution in [2.75, 3.05) is 26.9 Å². The van der Waals surface area contributed by atoms with E-state index in [0.717, 1.165) is 25.3 Å². The zero-order valence-electron chi connectivity index (χ0n) is 12.3. The second-order valence-electron chi connectivity index (χ2n) is 4.66. The topological polar surface area (TPSA) is 30.5 Å². The first-order valence-corrected chi connectivity index (χ1v) is 7.31. The van der Waals surface area contributed by atoms with Crippen LogP contribution in [0.5, 0.6) is 5.75 Å². The third-order valence-electron chi connectivity index (χ3n) is 2.97. The number of para-hydroxylation sites is 1. The minimum atomic E-state index is 0.620. The Kier molecular flexibility index (Phi) is 9.11. The molecule has 0 aromatic heterocycles. The normalized spacial score (nSPS) is 10.6. The maximum atomic E-state index is 5.75. The summed E-state index contributed by atoms with van der Waals surface area (Å²) in [6.45, 7) is 5.18. The van der Waals surface area contributed by atoms with Crippen molar-refractivity contribution in [3.63, 3.8) is 0 Å². The fourth-order valence-electron chi connectivity index (χ4n) is 1.92. The predicted octanol–water partition coefficient (Wildman–Crippen LogP) is 3.38. The Morgan fingerprint density at radius 2 is 1.84 bits per heavy atom. The molecule has 0 unspecified atom stereocenters. The van der Waals surface area contributed by atoms with Gasteiger partial charge in [-0.15, -0.1) is 0 Å². The molecule has 1 aromatic carbocycles. The second-order valence-corrected chi connectivity index (χ2v) is 4.66. The fourth-order valence-corrected chi connectivity index (χ4v) is 1.92. The van der Waals surface area contributed by atoms with Gasteiger partial charge in [0.2, 0.25) is 0 Å². The molecule has 0 saturated heterocycles. The van der Waals surface area contributed by atoms with E-state index in [2.05, 4.69) is 18.3 Å². The number of nitrogens with one attached hydrogen (secondary N) is 1. The van der Waals surface area contributed by atoms with Crippen LogP contribution in [-0.4, -0.2) is 26.9 Å². The highest BCUT2D eigenvalue weighted by molar-refractivity contribution is 5.33. The molecule has 108 valence electrons. The Morgan fingerprint density at radius 3 is 2.63 bits per heavy atom. The van der Waals surface area contributed by atoms with Crippen LogP contribution < -0.4 is 10.1 Å². The highest BCUT2D eigenvalue weighted by Crippen LogP contribution is 2.17. The van der Waals surface area contributed by atoms with Gasteiger partial charge in [-0.25, -0.2) is 0 Å². The first-order chi connectivity index (χ1) is 9.38. The van der Waals surface area contributed by atoms with Crippen LogP contribution in [0.25, 0.3) is 0 Å². The predicted molar refractivity (Wildman–Crippen MR) is 79.7 cm³/mol. The van der Waals surface area contributed by atoms with Crippen molar-refractivity contribution >= 4 is 0 Å². The number of rotatable bonds is 11. The van der Waals surface area contributed by atoms with E-state index in [0.29, 0.717) is 13.2 Å². The summed E-state index contributed by atoms with van der Waals surface area (Å²) in [5.41, 5.74) is 1.19. The van der Waals surface area contributed by atoms with Crippen LogP contribution in [0.1, 0.15) is 38.2 Å². The molecule has 19 heavy (non-hydrogen) atoms. The maximum absolute atomic E-state index is 5.75. The Balaban J connectivity index is 2.12. The number of benzene rings is 1. The lowest BCUT2D eigenvalue weighted by Gasteiger charge is -2.11. The second kappa shape index (κ2) is 10.8. The van der Waals surface area contributed by atoms with Crippen LogP contribution in [0.15, 0.2) is 24.3 Å². The van der Waals surface area contributed by atoms with Crippen molar-refractivity contribution in [3.05, 3.63) is 29.8 Å². The molecule has 0 amide bonds. The third kappa shape index (κ3) is 7.19. The van der Waals surface area contributed by atoms with Crippen molar-refractivity contribution in [2.45, 2.75) is 39.2 Å². The summed E-state index contributed by atoms with van der Waals surface area (Å²) in [6.07, 6.45) is 5.00. The van der Waals surface area contributed by atoms with E-state index in [1.165, 1.54) is 24.8 Å². The van der Waals surface area contributed by atoms with Gasteiger partial charge < -0.3 is 14.8 Å². The molecule has 1 N–H and O–H groups in total. The molecule has 0 saturated carbocycles. The van der Waals surface area contributed by atoms with Crippen molar-refractivity contribution in [1.29, 1.82) is 0 Å². The summed E-state index contributed by atoms with van der Waals surface area (Å²) >= 11 is 0. The highest BCUT2D eigenvalue weighted by atomic mass is 16.5. The van der Waals surface area contributed by atoms with Gasteiger partial charge in [0.1, 0.15) is 12.4 Å². The van der Waals surface area contributed by atoms with Gasteiger partial charge in [-0.3, -0.25) is 0 Å². The minimum Gasteiger partial charge on any atom is -0.491 e. The fraction of sp³-hybridized carbons (Fsp3) is 0.625. The number of hydrogen-bond acceptors (Lipinski definition) is 3. The summed E-state index contributed by atoms with van der Waals surface area (Å²) in [5.74, 6) is 0.950. The molecular weight excluding hydrogens is 238 g/mol. The average molecular weight is 265 g/mol. The molecule has 0 spiro atoms. The Bertz CT molecular complexity index is 328. The molecule has 0 heterocycles. The zero-order valence-corrected chi connectivity index (χ0v) is 12.3. The van der Waals surface area contributed by atoms with E-state index < -0.39 is 0 Å². The average Bonchev–Trinajstić information content (AvgIpc) is 2.44. The molecule has 1 aromatic rings. The summed E-state index contributed by atoms with van der Waals surface area (Å²) in [5, 5.41) is 3.14. The van der Waals surface area contributed by atoms with Gasteiger partial charge in [-0.1, -0.05) is 44.4 Å². The molecule has 0 aliphatic carbocycles.